The molecule has 0 saturated carbocycles. The maximum absolute atomic E-state index is 6.30. The zero-order valence-electron chi connectivity index (χ0n) is 13.1. The SMILES string of the molecule is COCCCNc1ncnc2c1oc1nc(C)c(Cl)c(C)c12.Cl. The Kier molecular flexibility index (Phi) is 5.62. The third-order valence-corrected chi connectivity index (χ3v) is 4.12. The van der Waals surface area contributed by atoms with Gasteiger partial charge in [0, 0.05) is 20.3 Å². The van der Waals surface area contributed by atoms with Crippen LogP contribution in [0.25, 0.3) is 22.2 Å². The van der Waals surface area contributed by atoms with Crippen molar-refractivity contribution in [2.75, 3.05) is 25.6 Å². The highest BCUT2D eigenvalue weighted by molar-refractivity contribution is 6.33. The maximum Gasteiger partial charge on any atom is 0.229 e. The van der Waals surface area contributed by atoms with Gasteiger partial charge in [-0.05, 0) is 25.8 Å². The van der Waals surface area contributed by atoms with Crippen LogP contribution >= 0.6 is 24.0 Å². The van der Waals surface area contributed by atoms with Gasteiger partial charge < -0.3 is 14.5 Å². The van der Waals surface area contributed by atoms with Gasteiger partial charge in [0.1, 0.15) is 11.8 Å². The second-order valence-corrected chi connectivity index (χ2v) is 5.47. The number of halogens is 2. The van der Waals surface area contributed by atoms with Crippen molar-refractivity contribution in [2.24, 2.45) is 0 Å². The minimum absolute atomic E-state index is 0. The number of furan rings is 1. The minimum Gasteiger partial charge on any atom is -0.432 e. The Bertz CT molecular complexity index is 835. The van der Waals surface area contributed by atoms with Crippen LogP contribution in [0.4, 0.5) is 5.82 Å². The molecule has 6 nitrogen and oxygen atoms in total. The number of nitrogens with one attached hydrogen (secondary N) is 1. The number of fused-ring (bicyclic) bond motifs is 3. The first-order chi connectivity index (χ1) is 10.6. The van der Waals surface area contributed by atoms with E-state index >= 15 is 0 Å². The molecule has 124 valence electrons. The first kappa shape index (κ1) is 17.7. The molecule has 1 N–H and O–H groups in total. The van der Waals surface area contributed by atoms with Gasteiger partial charge in [-0.25, -0.2) is 15.0 Å². The van der Waals surface area contributed by atoms with Gasteiger partial charge >= 0.3 is 0 Å². The summed E-state index contributed by atoms with van der Waals surface area (Å²) in [6, 6.07) is 0. The molecule has 0 aromatic carbocycles. The molecule has 0 unspecified atom stereocenters. The van der Waals surface area contributed by atoms with Crippen molar-refractivity contribution in [1.29, 1.82) is 0 Å². The van der Waals surface area contributed by atoms with Crippen LogP contribution < -0.4 is 5.32 Å². The van der Waals surface area contributed by atoms with Crippen molar-refractivity contribution >= 4 is 52.0 Å². The lowest BCUT2D eigenvalue weighted by molar-refractivity contribution is 0.198. The van der Waals surface area contributed by atoms with Crippen LogP contribution in [0.2, 0.25) is 5.02 Å². The number of aromatic nitrogens is 3. The number of aryl methyl sites for hydroxylation is 2. The Morgan fingerprint density at radius 3 is 2.83 bits per heavy atom. The first-order valence-electron chi connectivity index (χ1n) is 7.06. The number of ether oxygens (including phenoxy) is 1. The average Bonchev–Trinajstić information content (AvgIpc) is 2.88. The number of hydrogen-bond donors (Lipinski definition) is 1. The van der Waals surface area contributed by atoms with E-state index in [0.29, 0.717) is 28.7 Å². The average molecular weight is 357 g/mol. The summed E-state index contributed by atoms with van der Waals surface area (Å²) >= 11 is 6.30. The highest BCUT2D eigenvalue weighted by Crippen LogP contribution is 2.35. The third kappa shape index (κ3) is 3.20. The quantitative estimate of drug-likeness (QED) is 0.698. The van der Waals surface area contributed by atoms with Gasteiger partial charge in [-0.1, -0.05) is 11.6 Å². The Labute approximate surface area is 145 Å². The second kappa shape index (κ2) is 7.29. The molecule has 0 aliphatic heterocycles. The monoisotopic (exact) mass is 356 g/mol. The first-order valence-corrected chi connectivity index (χ1v) is 7.44. The number of hydrogen-bond acceptors (Lipinski definition) is 6. The standard InChI is InChI=1S/C15H17ClN4O2.ClH/c1-8-10-12-13(22-15(10)20-9(2)11(8)16)14(19-7-18-12)17-5-4-6-21-3;/h7H,4-6H2,1-3H3,(H,17,18,19);1H. The highest BCUT2D eigenvalue weighted by atomic mass is 35.5. The van der Waals surface area contributed by atoms with Crippen LogP contribution in [0.15, 0.2) is 10.7 Å². The molecule has 3 aromatic heterocycles. The maximum atomic E-state index is 6.30. The summed E-state index contributed by atoms with van der Waals surface area (Å²) in [5.74, 6) is 0.660. The van der Waals surface area contributed by atoms with Crippen LogP contribution in [-0.4, -0.2) is 35.2 Å². The summed E-state index contributed by atoms with van der Waals surface area (Å²) in [6.07, 6.45) is 2.40. The van der Waals surface area contributed by atoms with Crippen molar-refractivity contribution in [2.45, 2.75) is 20.3 Å². The topological polar surface area (TPSA) is 73.1 Å². The molecule has 0 aliphatic carbocycles. The summed E-state index contributed by atoms with van der Waals surface area (Å²) < 4.78 is 10.9. The lowest BCUT2D eigenvalue weighted by Crippen LogP contribution is -2.06. The molecule has 0 saturated heterocycles. The molecule has 0 amide bonds. The van der Waals surface area contributed by atoms with E-state index in [2.05, 4.69) is 20.3 Å². The fourth-order valence-corrected chi connectivity index (χ4v) is 2.58. The lowest BCUT2D eigenvalue weighted by atomic mass is 10.1. The number of nitrogens with zero attached hydrogens (tertiary/aromatic N) is 3. The predicted octanol–water partition coefficient (Wildman–Crippen LogP) is 3.91. The smallest absolute Gasteiger partial charge is 0.229 e. The molecule has 3 rings (SSSR count). The normalized spacial score (nSPS) is 11.0. The summed E-state index contributed by atoms with van der Waals surface area (Å²) in [5.41, 5.74) is 3.54. The van der Waals surface area contributed by atoms with Crippen molar-refractivity contribution in [1.82, 2.24) is 15.0 Å². The molecule has 0 fully saturated rings. The van der Waals surface area contributed by atoms with Gasteiger partial charge in [0.25, 0.3) is 0 Å². The Balaban J connectivity index is 0.00000192. The van der Waals surface area contributed by atoms with Gasteiger partial charge in [0.05, 0.1) is 16.1 Å². The lowest BCUT2D eigenvalue weighted by Gasteiger charge is -2.04. The van der Waals surface area contributed by atoms with E-state index in [9.17, 15) is 0 Å². The minimum atomic E-state index is 0. The predicted molar refractivity (Wildman–Crippen MR) is 93.8 cm³/mol. The number of pyridine rings is 1. The van der Waals surface area contributed by atoms with Crippen LogP contribution in [-0.2, 0) is 4.74 Å². The van der Waals surface area contributed by atoms with Crippen LogP contribution in [0.5, 0.6) is 0 Å². The van der Waals surface area contributed by atoms with Gasteiger partial charge in [-0.15, -0.1) is 12.4 Å². The van der Waals surface area contributed by atoms with Gasteiger partial charge in [-0.2, -0.15) is 0 Å². The molecule has 0 atom stereocenters. The Morgan fingerprint density at radius 2 is 2.09 bits per heavy atom. The summed E-state index contributed by atoms with van der Waals surface area (Å²) in [6.45, 7) is 5.24. The van der Waals surface area contributed by atoms with Gasteiger partial charge in [0.2, 0.25) is 5.71 Å². The number of rotatable bonds is 5. The summed E-state index contributed by atoms with van der Waals surface area (Å²) in [4.78, 5) is 13.0. The zero-order valence-corrected chi connectivity index (χ0v) is 14.7. The van der Waals surface area contributed by atoms with Crippen LogP contribution in [0, 0.1) is 13.8 Å². The van der Waals surface area contributed by atoms with Crippen molar-refractivity contribution in [3.63, 3.8) is 0 Å². The molecule has 3 aromatic rings. The van der Waals surface area contributed by atoms with Crippen molar-refractivity contribution < 1.29 is 9.15 Å². The van der Waals surface area contributed by atoms with E-state index < -0.39 is 0 Å². The fourth-order valence-electron chi connectivity index (χ4n) is 2.45. The second-order valence-electron chi connectivity index (χ2n) is 5.09. The Morgan fingerprint density at radius 1 is 1.30 bits per heavy atom. The van der Waals surface area contributed by atoms with E-state index in [-0.39, 0.29) is 12.4 Å². The van der Waals surface area contributed by atoms with Gasteiger partial charge in [0.15, 0.2) is 11.4 Å². The fraction of sp³-hybridized carbons (Fsp3) is 0.400. The van der Waals surface area contributed by atoms with Crippen molar-refractivity contribution in [3.8, 4) is 0 Å². The van der Waals surface area contributed by atoms with E-state index in [1.807, 2.05) is 13.8 Å². The molecular weight excluding hydrogens is 339 g/mol. The molecule has 0 spiro atoms. The van der Waals surface area contributed by atoms with Crippen LogP contribution in [0.1, 0.15) is 17.7 Å². The third-order valence-electron chi connectivity index (χ3n) is 3.56. The molecule has 3 heterocycles. The Hall–Kier alpha value is -1.63. The molecule has 0 aliphatic rings. The van der Waals surface area contributed by atoms with E-state index in [1.54, 1.807) is 7.11 Å². The molecular formula is C15H18Cl2N4O2. The molecule has 23 heavy (non-hydrogen) atoms. The van der Waals surface area contributed by atoms with Crippen LogP contribution in [0.3, 0.4) is 0 Å². The molecule has 0 radical (unpaired) electrons. The molecule has 8 heteroatoms. The van der Waals surface area contributed by atoms with Gasteiger partial charge in [-0.3, -0.25) is 0 Å². The van der Waals surface area contributed by atoms with E-state index in [1.165, 1.54) is 6.33 Å². The molecule has 0 bridgehead atoms. The summed E-state index contributed by atoms with van der Waals surface area (Å²) in [7, 11) is 1.68. The zero-order chi connectivity index (χ0) is 15.7. The highest BCUT2D eigenvalue weighted by Gasteiger charge is 2.18. The van der Waals surface area contributed by atoms with E-state index in [0.717, 1.165) is 35.1 Å². The number of methoxy groups -OCH3 is 1. The largest absolute Gasteiger partial charge is 0.432 e. The summed E-state index contributed by atoms with van der Waals surface area (Å²) in [5, 5.41) is 4.73. The number of anilines is 1. The van der Waals surface area contributed by atoms with E-state index in [4.69, 9.17) is 20.8 Å². The van der Waals surface area contributed by atoms with Crippen molar-refractivity contribution in [3.05, 3.63) is 22.6 Å².